The summed E-state index contributed by atoms with van der Waals surface area (Å²) >= 11 is 0. The number of hydrogen-bond acceptors (Lipinski definition) is 7. The van der Waals surface area contributed by atoms with Gasteiger partial charge in [0.1, 0.15) is 6.04 Å². The molecule has 2 aliphatic heterocycles. The summed E-state index contributed by atoms with van der Waals surface area (Å²) < 4.78 is 0. The average Bonchev–Trinajstić information content (AvgIpc) is 3.69. The third-order valence-electron chi connectivity index (χ3n) is 7.75. The molecular weight excluding hydrogens is 482 g/mol. The number of anilines is 2. The maximum absolute atomic E-state index is 13.0. The Labute approximate surface area is 221 Å². The molecule has 1 saturated heterocycles. The first kappa shape index (κ1) is 25.5. The van der Waals surface area contributed by atoms with E-state index in [-0.39, 0.29) is 29.4 Å². The molecule has 2 N–H and O–H groups in total. The molecule has 196 valence electrons. The van der Waals surface area contributed by atoms with Crippen LogP contribution in [0.5, 0.6) is 0 Å². The van der Waals surface area contributed by atoms with E-state index in [1.54, 1.807) is 18.2 Å². The van der Waals surface area contributed by atoms with E-state index in [1.807, 2.05) is 0 Å². The minimum atomic E-state index is -0.963. The molecular formula is C29H31N5O4. The van der Waals surface area contributed by atoms with Crippen molar-refractivity contribution in [2.75, 3.05) is 29.9 Å². The molecule has 1 atom stereocenters. The van der Waals surface area contributed by atoms with Gasteiger partial charge >= 0.3 is 0 Å². The smallest absolute Gasteiger partial charge is 0.262 e. The van der Waals surface area contributed by atoms with E-state index < -0.39 is 29.7 Å². The predicted octanol–water partition coefficient (Wildman–Crippen LogP) is 3.36. The van der Waals surface area contributed by atoms with Crippen molar-refractivity contribution in [1.82, 2.24) is 10.2 Å². The van der Waals surface area contributed by atoms with Crippen LogP contribution in [0.2, 0.25) is 0 Å². The number of piperidine rings is 1. The topological polar surface area (TPSA) is 123 Å². The van der Waals surface area contributed by atoms with Crippen molar-refractivity contribution in [3.05, 3.63) is 59.2 Å². The van der Waals surface area contributed by atoms with Gasteiger partial charge in [-0.25, -0.2) is 0 Å². The summed E-state index contributed by atoms with van der Waals surface area (Å²) in [6, 6.07) is 14.9. The molecule has 3 aliphatic rings. The quantitative estimate of drug-likeness (QED) is 0.369. The number of nitrogens with one attached hydrogen (secondary N) is 2. The van der Waals surface area contributed by atoms with E-state index in [0.29, 0.717) is 6.54 Å². The highest BCUT2D eigenvalue weighted by Crippen LogP contribution is 2.47. The highest BCUT2D eigenvalue weighted by Gasteiger charge is 2.45. The number of hydrogen-bond donors (Lipinski definition) is 2. The van der Waals surface area contributed by atoms with Crippen LogP contribution >= 0.6 is 0 Å². The summed E-state index contributed by atoms with van der Waals surface area (Å²) in [6.07, 6.45) is 4.01. The van der Waals surface area contributed by atoms with Crippen molar-refractivity contribution in [3.63, 3.8) is 0 Å². The van der Waals surface area contributed by atoms with E-state index in [2.05, 4.69) is 52.8 Å². The number of rotatable bonds is 10. The van der Waals surface area contributed by atoms with Crippen molar-refractivity contribution in [3.8, 4) is 6.07 Å². The van der Waals surface area contributed by atoms with Gasteiger partial charge in [-0.2, -0.15) is 5.26 Å². The maximum atomic E-state index is 13.0. The first-order chi connectivity index (χ1) is 18.4. The largest absolute Gasteiger partial charge is 0.385 e. The molecule has 9 nitrogen and oxygen atoms in total. The van der Waals surface area contributed by atoms with Gasteiger partial charge in [0.2, 0.25) is 11.8 Å². The van der Waals surface area contributed by atoms with Gasteiger partial charge in [0, 0.05) is 37.4 Å². The number of unbranched alkanes of at least 4 members (excludes halogenated alkanes) is 1. The summed E-state index contributed by atoms with van der Waals surface area (Å²) in [4.78, 5) is 52.8. The number of fused-ring (bicyclic) bond motifs is 1. The lowest BCUT2D eigenvalue weighted by molar-refractivity contribution is -0.136. The summed E-state index contributed by atoms with van der Waals surface area (Å²) in [5, 5.41) is 15.0. The van der Waals surface area contributed by atoms with E-state index in [0.717, 1.165) is 60.6 Å². The number of imide groups is 2. The van der Waals surface area contributed by atoms with Gasteiger partial charge in [0.25, 0.3) is 11.8 Å². The molecule has 2 heterocycles. The van der Waals surface area contributed by atoms with Crippen LogP contribution in [0.1, 0.15) is 71.7 Å². The van der Waals surface area contributed by atoms with Crippen LogP contribution in [0.25, 0.3) is 0 Å². The van der Waals surface area contributed by atoms with Crippen LogP contribution in [-0.4, -0.2) is 54.2 Å². The zero-order chi connectivity index (χ0) is 26.9. The highest BCUT2D eigenvalue weighted by molar-refractivity contribution is 6.23. The Kier molecular flexibility index (Phi) is 6.89. The van der Waals surface area contributed by atoms with Crippen molar-refractivity contribution in [2.24, 2.45) is 0 Å². The van der Waals surface area contributed by atoms with Crippen LogP contribution in [0.15, 0.2) is 42.5 Å². The van der Waals surface area contributed by atoms with Crippen molar-refractivity contribution in [2.45, 2.75) is 56.9 Å². The van der Waals surface area contributed by atoms with Gasteiger partial charge in [-0.1, -0.05) is 12.1 Å². The number of benzene rings is 2. The Hall–Kier alpha value is -4.19. The highest BCUT2D eigenvalue weighted by atomic mass is 16.2. The monoisotopic (exact) mass is 513 g/mol. The summed E-state index contributed by atoms with van der Waals surface area (Å²) in [5.74, 6) is -2.01. The van der Waals surface area contributed by atoms with Gasteiger partial charge in [-0.15, -0.1) is 0 Å². The lowest BCUT2D eigenvalue weighted by Crippen LogP contribution is -2.54. The number of carbonyl (C=O) groups excluding carboxylic acids is 4. The van der Waals surface area contributed by atoms with E-state index in [9.17, 15) is 24.4 Å². The number of nitrogens with zero attached hydrogens (tertiary/aromatic N) is 3. The van der Waals surface area contributed by atoms with Crippen molar-refractivity contribution in [1.29, 1.82) is 5.26 Å². The summed E-state index contributed by atoms with van der Waals surface area (Å²) in [6.45, 7) is 4.63. The number of nitriles is 1. The average molecular weight is 514 g/mol. The molecule has 2 fully saturated rings. The van der Waals surface area contributed by atoms with Gasteiger partial charge < -0.3 is 10.2 Å². The second kappa shape index (κ2) is 10.3. The molecule has 1 aliphatic carbocycles. The first-order valence-electron chi connectivity index (χ1n) is 13.2. The van der Waals surface area contributed by atoms with Gasteiger partial charge in [-0.05, 0) is 74.9 Å². The van der Waals surface area contributed by atoms with E-state index >= 15 is 0 Å². The van der Waals surface area contributed by atoms with E-state index in [1.165, 1.54) is 0 Å². The Morgan fingerprint density at radius 3 is 2.45 bits per heavy atom. The number of carbonyl (C=O) groups is 4. The van der Waals surface area contributed by atoms with Crippen LogP contribution in [0, 0.1) is 11.3 Å². The SMILES string of the molecule is CCN(CCCCNc1ccc2c(c1)C(=O)N(C1CCC(=O)NC1=O)C2=O)c1ccc(C2(C#N)CC2)cc1. The van der Waals surface area contributed by atoms with E-state index in [4.69, 9.17) is 0 Å². The van der Waals surface area contributed by atoms with Crippen LogP contribution < -0.4 is 15.5 Å². The lowest BCUT2D eigenvalue weighted by atomic mass is 9.97. The Morgan fingerprint density at radius 2 is 1.79 bits per heavy atom. The Bertz CT molecular complexity index is 1330. The van der Waals surface area contributed by atoms with Crippen LogP contribution in [-0.2, 0) is 15.0 Å². The molecule has 38 heavy (non-hydrogen) atoms. The van der Waals surface area contributed by atoms with Gasteiger partial charge in [0.05, 0.1) is 22.6 Å². The fourth-order valence-electron chi connectivity index (χ4n) is 5.29. The Balaban J connectivity index is 1.12. The third kappa shape index (κ3) is 4.74. The van der Waals surface area contributed by atoms with Crippen molar-refractivity contribution < 1.29 is 19.2 Å². The molecule has 1 unspecified atom stereocenters. The standard InChI is InChI=1S/C29H31N5O4/c1-2-33(21-8-5-19(6-9-21)29(18-30)13-14-29)16-4-3-15-31-20-7-10-22-23(17-20)28(38)34(27(22)37)24-11-12-25(35)32-26(24)36/h5-10,17,24,31H,2-4,11-16H2,1H3,(H,32,35,36). The lowest BCUT2D eigenvalue weighted by Gasteiger charge is -2.27. The summed E-state index contributed by atoms with van der Waals surface area (Å²) in [7, 11) is 0. The molecule has 9 heteroatoms. The Morgan fingerprint density at radius 1 is 1.05 bits per heavy atom. The summed E-state index contributed by atoms with van der Waals surface area (Å²) in [5.41, 5.74) is 3.29. The fraction of sp³-hybridized carbons (Fsp3) is 0.414. The molecule has 0 aromatic heterocycles. The zero-order valence-electron chi connectivity index (χ0n) is 21.5. The third-order valence-corrected chi connectivity index (χ3v) is 7.75. The normalized spacial score (nSPS) is 19.6. The molecule has 2 aromatic rings. The van der Waals surface area contributed by atoms with Gasteiger partial charge in [0.15, 0.2) is 0 Å². The maximum Gasteiger partial charge on any atom is 0.262 e. The molecule has 1 saturated carbocycles. The zero-order valence-corrected chi connectivity index (χ0v) is 21.5. The van der Waals surface area contributed by atoms with Crippen LogP contribution in [0.4, 0.5) is 11.4 Å². The second-order valence-electron chi connectivity index (χ2n) is 10.2. The fourth-order valence-corrected chi connectivity index (χ4v) is 5.29. The van der Waals surface area contributed by atoms with Crippen LogP contribution in [0.3, 0.4) is 0 Å². The molecule has 4 amide bonds. The predicted molar refractivity (Wildman–Crippen MR) is 142 cm³/mol. The van der Waals surface area contributed by atoms with Gasteiger partial charge in [-0.3, -0.25) is 29.4 Å². The minimum Gasteiger partial charge on any atom is -0.385 e. The molecule has 0 spiro atoms. The number of amides is 4. The second-order valence-corrected chi connectivity index (χ2v) is 10.2. The first-order valence-corrected chi connectivity index (χ1v) is 13.2. The minimum absolute atomic E-state index is 0.0965. The van der Waals surface area contributed by atoms with Crippen molar-refractivity contribution >= 4 is 35.0 Å². The molecule has 0 bridgehead atoms. The molecule has 5 rings (SSSR count). The molecule has 2 aromatic carbocycles. The molecule has 0 radical (unpaired) electrons.